The lowest BCUT2D eigenvalue weighted by Crippen LogP contribution is -2.56. The molecule has 0 amide bonds. The molecule has 4 rings (SSSR count). The summed E-state index contributed by atoms with van der Waals surface area (Å²) in [6.45, 7) is -0.262. The zero-order chi connectivity index (χ0) is 22.7. The predicted molar refractivity (Wildman–Crippen MR) is 118 cm³/mol. The number of carbonyl (C=O) groups is 2. The van der Waals surface area contributed by atoms with Gasteiger partial charge in [-0.2, -0.15) is 0 Å². The second kappa shape index (κ2) is 9.70. The van der Waals surface area contributed by atoms with Gasteiger partial charge in [-0.15, -0.1) is 0 Å². The average Bonchev–Trinajstić information content (AvgIpc) is 3.25. The molecule has 0 N–H and O–H groups in total. The van der Waals surface area contributed by atoms with Crippen molar-refractivity contribution in [1.82, 2.24) is 4.90 Å². The Labute approximate surface area is 189 Å². The predicted octanol–water partition coefficient (Wildman–Crippen LogP) is 3.17. The lowest BCUT2D eigenvalue weighted by molar-refractivity contribution is -0.149. The normalized spacial score (nSPS) is 26.6. The molecule has 2 aliphatic heterocycles. The molecule has 0 radical (unpaired) electrons. The van der Waals surface area contributed by atoms with Crippen LogP contribution in [0.3, 0.4) is 0 Å². The van der Waals surface area contributed by atoms with Crippen LogP contribution < -0.4 is 0 Å². The average molecular weight is 459 g/mol. The summed E-state index contributed by atoms with van der Waals surface area (Å²) < 4.78 is 32.5. The first kappa shape index (κ1) is 22.3. The number of hydrogen-bond donors (Lipinski definition) is 0. The molecular weight excluding hydrogens is 435 g/mol. The third kappa shape index (κ3) is 4.78. The molecule has 0 saturated carbocycles. The van der Waals surface area contributed by atoms with Gasteiger partial charge in [0.15, 0.2) is 17.4 Å². The minimum absolute atomic E-state index is 0.262. The van der Waals surface area contributed by atoms with Gasteiger partial charge < -0.3 is 19.1 Å². The molecule has 7 nitrogen and oxygen atoms in total. The van der Waals surface area contributed by atoms with Crippen LogP contribution in [0.1, 0.15) is 20.7 Å². The van der Waals surface area contributed by atoms with Crippen LogP contribution in [0.2, 0.25) is 0 Å². The maximum atomic E-state index is 15.6. The zero-order valence-corrected chi connectivity index (χ0v) is 18.4. The maximum Gasteiger partial charge on any atom is 0.338 e. The number of ether oxygens (including phenoxy) is 3. The largest absolute Gasteiger partial charge is 0.459 e. The smallest absolute Gasteiger partial charge is 0.338 e. The molecule has 2 heterocycles. The van der Waals surface area contributed by atoms with E-state index in [9.17, 15) is 9.59 Å². The van der Waals surface area contributed by atoms with Gasteiger partial charge in [0, 0.05) is 14.1 Å². The summed E-state index contributed by atoms with van der Waals surface area (Å²) in [5.41, 5.74) is 0.0546. The molecule has 168 valence electrons. The number of nitrogens with zero attached hydrogens (tertiary/aromatic N) is 2. The van der Waals surface area contributed by atoms with E-state index in [2.05, 4.69) is 4.99 Å². The van der Waals surface area contributed by atoms with E-state index in [-0.39, 0.29) is 6.61 Å². The van der Waals surface area contributed by atoms with Crippen LogP contribution in [-0.2, 0) is 14.2 Å². The molecule has 2 aromatic carbocycles. The SMILES string of the molecule is CN(C)C1=N[C@@H]2[C@H](F)[C@H](OC(=O)c3ccccc3)[C@@H](COC(=O)c3ccccc3)O[C@@H]2S1. The van der Waals surface area contributed by atoms with E-state index < -0.39 is 41.8 Å². The third-order valence-electron chi connectivity index (χ3n) is 5.10. The Morgan fingerprint density at radius 1 is 1.03 bits per heavy atom. The van der Waals surface area contributed by atoms with Gasteiger partial charge in [-0.1, -0.05) is 48.2 Å². The van der Waals surface area contributed by atoms with Crippen molar-refractivity contribution in [2.45, 2.75) is 29.9 Å². The second-order valence-electron chi connectivity index (χ2n) is 7.60. The maximum absolute atomic E-state index is 15.6. The van der Waals surface area contributed by atoms with Crippen LogP contribution in [0.25, 0.3) is 0 Å². The Hall–Kier alpha value is -2.91. The number of benzene rings is 2. The fourth-order valence-corrected chi connectivity index (χ4v) is 4.60. The van der Waals surface area contributed by atoms with E-state index >= 15 is 4.39 Å². The Kier molecular flexibility index (Phi) is 6.76. The van der Waals surface area contributed by atoms with Crippen molar-refractivity contribution in [1.29, 1.82) is 0 Å². The van der Waals surface area contributed by atoms with E-state index in [1.807, 2.05) is 14.1 Å². The van der Waals surface area contributed by atoms with Crippen molar-refractivity contribution in [2.75, 3.05) is 20.7 Å². The van der Waals surface area contributed by atoms with Crippen LogP contribution >= 0.6 is 11.8 Å². The first-order chi connectivity index (χ1) is 15.4. The minimum atomic E-state index is -1.62. The van der Waals surface area contributed by atoms with Gasteiger partial charge in [0.2, 0.25) is 0 Å². The number of halogens is 1. The van der Waals surface area contributed by atoms with Gasteiger partial charge in [0.25, 0.3) is 0 Å². The van der Waals surface area contributed by atoms with E-state index in [1.165, 1.54) is 11.8 Å². The van der Waals surface area contributed by atoms with E-state index in [1.54, 1.807) is 65.6 Å². The Morgan fingerprint density at radius 3 is 2.22 bits per heavy atom. The van der Waals surface area contributed by atoms with E-state index in [0.717, 1.165) is 0 Å². The molecule has 0 bridgehead atoms. The minimum Gasteiger partial charge on any atom is -0.459 e. The Balaban J connectivity index is 1.52. The number of thioether (sulfide) groups is 1. The zero-order valence-electron chi connectivity index (χ0n) is 17.6. The summed E-state index contributed by atoms with van der Waals surface area (Å²) in [6, 6.07) is 16.0. The number of esters is 2. The molecule has 0 spiro atoms. The summed E-state index contributed by atoms with van der Waals surface area (Å²) in [5.74, 6) is -1.24. The van der Waals surface area contributed by atoms with Gasteiger partial charge >= 0.3 is 11.9 Å². The Bertz CT molecular complexity index is 988. The molecule has 32 heavy (non-hydrogen) atoms. The van der Waals surface area contributed by atoms with Gasteiger partial charge in [-0.3, -0.25) is 4.99 Å². The summed E-state index contributed by atoms with van der Waals surface area (Å²) in [7, 11) is 3.62. The lowest BCUT2D eigenvalue weighted by Gasteiger charge is -2.38. The highest BCUT2D eigenvalue weighted by atomic mass is 32.2. The lowest BCUT2D eigenvalue weighted by atomic mass is 9.99. The molecule has 0 aromatic heterocycles. The first-order valence-electron chi connectivity index (χ1n) is 10.1. The van der Waals surface area contributed by atoms with Crippen LogP contribution in [-0.4, -0.2) is 72.6 Å². The van der Waals surface area contributed by atoms with Crippen molar-refractivity contribution in [3.8, 4) is 0 Å². The fourth-order valence-electron chi connectivity index (χ4n) is 3.45. The number of hydrogen-bond acceptors (Lipinski definition) is 8. The van der Waals surface area contributed by atoms with Gasteiger partial charge in [0.05, 0.1) is 11.1 Å². The number of alkyl halides is 1. The van der Waals surface area contributed by atoms with Crippen molar-refractivity contribution < 1.29 is 28.2 Å². The topological polar surface area (TPSA) is 77.4 Å². The highest BCUT2D eigenvalue weighted by Crippen LogP contribution is 2.39. The standard InChI is InChI=1S/C23H23FN2O5S/c1-26(2)23-25-18-17(24)19(31-21(28)15-11-7-4-8-12-15)16(30-22(18)32-23)13-29-20(27)14-9-5-3-6-10-14/h3-12,16-19,22H,13H2,1-2H3/t16-,17+,18-,19-,22-/m1/s1. The Morgan fingerprint density at radius 2 is 1.62 bits per heavy atom. The molecule has 2 aromatic rings. The van der Waals surface area contributed by atoms with Crippen LogP contribution in [0.15, 0.2) is 65.7 Å². The molecule has 2 aliphatic rings. The van der Waals surface area contributed by atoms with E-state index in [4.69, 9.17) is 14.2 Å². The molecular formula is C23H23FN2O5S. The summed E-state index contributed by atoms with van der Waals surface area (Å²) in [4.78, 5) is 31.2. The molecule has 0 aliphatic carbocycles. The van der Waals surface area contributed by atoms with Crippen molar-refractivity contribution >= 4 is 28.9 Å². The number of amidine groups is 1. The van der Waals surface area contributed by atoms with E-state index in [0.29, 0.717) is 16.3 Å². The van der Waals surface area contributed by atoms with Crippen molar-refractivity contribution in [3.63, 3.8) is 0 Å². The monoisotopic (exact) mass is 458 g/mol. The molecule has 1 saturated heterocycles. The number of aliphatic imine (C=N–C) groups is 1. The summed E-state index contributed by atoms with van der Waals surface area (Å²) in [5, 5.41) is 0.623. The quantitative estimate of drug-likeness (QED) is 0.637. The highest BCUT2D eigenvalue weighted by Gasteiger charge is 2.52. The molecule has 5 atom stereocenters. The molecule has 1 fully saturated rings. The molecule has 0 unspecified atom stereocenters. The van der Waals surface area contributed by atoms with Crippen LogP contribution in [0.4, 0.5) is 4.39 Å². The highest BCUT2D eigenvalue weighted by molar-refractivity contribution is 8.14. The van der Waals surface area contributed by atoms with Crippen LogP contribution in [0.5, 0.6) is 0 Å². The first-order valence-corrected chi connectivity index (χ1v) is 11.0. The number of fused-ring (bicyclic) bond motifs is 1. The van der Waals surface area contributed by atoms with Crippen LogP contribution in [0, 0.1) is 0 Å². The fraction of sp³-hybridized carbons (Fsp3) is 0.348. The van der Waals surface area contributed by atoms with Gasteiger partial charge in [0.1, 0.15) is 24.2 Å². The number of rotatable bonds is 5. The van der Waals surface area contributed by atoms with Crippen molar-refractivity contribution in [3.05, 3.63) is 71.8 Å². The molecule has 9 heteroatoms. The summed E-state index contributed by atoms with van der Waals surface area (Å²) >= 11 is 1.29. The van der Waals surface area contributed by atoms with Crippen molar-refractivity contribution in [2.24, 2.45) is 4.99 Å². The van der Waals surface area contributed by atoms with Gasteiger partial charge in [-0.05, 0) is 24.3 Å². The second-order valence-corrected chi connectivity index (χ2v) is 8.67. The summed E-state index contributed by atoms with van der Waals surface area (Å²) in [6.07, 6.45) is -3.87. The van der Waals surface area contributed by atoms with Gasteiger partial charge in [-0.25, -0.2) is 14.0 Å². The third-order valence-corrected chi connectivity index (χ3v) is 6.40. The number of carbonyl (C=O) groups excluding carboxylic acids is 2.